The van der Waals surface area contributed by atoms with Crippen molar-refractivity contribution < 1.29 is 101 Å². The van der Waals surface area contributed by atoms with Crippen LogP contribution < -0.4 is 35.1 Å². The number of halogens is 2. The standard InChI is InChI=1S/C90H124Br2N10O19S.CO2/c1-13-21-62(95-85(109)70-54-122-87(97-70)80(121-60(9)103)48-72(55(3)4)99(11)88(111)65(58(7)14-2)45-76(106)71-22-16-17-29-98(71)10)43-61-24-25-74(104)69(44-61)96-81(107)26-33-116-38-39-118-35-28-93-86(110)84(92)83(91)75(105)23-20-30-115-36-37-117-34-27-82(108)102-53-64-41-57(6)52-101(64)90(113)67-42-59(8)77(49-73(67)102)119-31-18-15-19-32-120-79-47-68-66(46-78(79)114-12)89(112)100-51-56(5)40-63(100)50-94-68;2-1-3/h24-25,42,44,46-47,49-50,54-55,58,62-65,71-72,80,83-84,104H,5-6,13-23,26-41,43,45,48,51-53H2,1-4,7-12H3,(H,93,110)(H,95,109)(H,96,107);/t58-,62+,63-,64-,65-,71+,72+,80+,83?,84?;/m0./s1. The van der Waals surface area contributed by atoms with Gasteiger partial charge in [-0.2, -0.15) is 9.59 Å². The molecule has 125 heavy (non-hydrogen) atoms. The Morgan fingerprint density at radius 2 is 1.45 bits per heavy atom. The van der Waals surface area contributed by atoms with Crippen molar-refractivity contribution in [3.63, 3.8) is 0 Å². The van der Waals surface area contributed by atoms with Gasteiger partial charge in [-0.15, -0.1) is 11.3 Å². The number of Topliss-reactive ketones (excluding diaryl/α,β-unsaturated/α-hetero) is 2. The Labute approximate surface area is 753 Å². The number of aromatic nitrogens is 1. The van der Waals surface area contributed by atoms with Crippen molar-refractivity contribution in [3.05, 3.63) is 105 Å². The summed E-state index contributed by atoms with van der Waals surface area (Å²) in [6, 6.07) is 10.6. The highest BCUT2D eigenvalue weighted by Crippen LogP contribution is 2.42. The van der Waals surface area contributed by atoms with Crippen LogP contribution in [0.25, 0.3) is 0 Å². The molecule has 6 heterocycles. The van der Waals surface area contributed by atoms with E-state index in [0.29, 0.717) is 116 Å². The maximum Gasteiger partial charge on any atom is 0.373 e. The first-order chi connectivity index (χ1) is 59.9. The Kier molecular flexibility index (Phi) is 41.3. The molecule has 7 amide bonds. The van der Waals surface area contributed by atoms with E-state index in [1.807, 2.05) is 48.6 Å². The number of hydrogen-bond donors (Lipinski definition) is 4. The number of hydrogen-bond acceptors (Lipinski definition) is 25. The van der Waals surface area contributed by atoms with Gasteiger partial charge in [0.1, 0.15) is 32.8 Å². The van der Waals surface area contributed by atoms with Gasteiger partial charge in [-0.3, -0.25) is 57.8 Å². The molecule has 4 N–H and O–H groups in total. The van der Waals surface area contributed by atoms with Crippen molar-refractivity contribution in [2.24, 2.45) is 22.7 Å². The maximum absolute atomic E-state index is 14.5. The lowest BCUT2D eigenvalue weighted by molar-refractivity contribution is -0.192. The number of aliphatic imine (C=N–C) groups is 1. The zero-order valence-electron chi connectivity index (χ0n) is 73.7. The fraction of sp³-hybridized carbons (Fsp3) is 0.593. The Balaban J connectivity index is 0.00000636. The Morgan fingerprint density at radius 1 is 0.776 bits per heavy atom. The second-order valence-corrected chi connectivity index (χ2v) is 35.6. The SMILES string of the molecule is C=C1C[C@H]2CN(C(=O)CCOCCOCCCC(=O)C(Br)C(Br)C(=O)NCCOCCOCCC(=O)Nc3cc(C[C@@H](CCC)NC(=O)c4csc([C@@H](C[C@H](C(C)C)N(C)C(=O)[C@@H](CC(=O)[C@H]5CCCCN5C)[C@@H](C)CC)OC(C)=O)n4)ccc3O)c3cc(OCCCCCOc4cc5c(cc4OC)C(=O)N4CC(=C)C[C@H]4C=N5)c(C)cc3C(=O)N2C1.O=C=O. The number of ether oxygens (including phenoxy) is 8. The molecule has 31 nitrogen and oxygen atoms in total. The van der Waals surface area contributed by atoms with Crippen molar-refractivity contribution in [2.45, 2.75) is 210 Å². The fourth-order valence-corrected chi connectivity index (χ4v) is 17.8. The fourth-order valence-electron chi connectivity index (χ4n) is 16.0. The number of fused-ring (bicyclic) bond motifs is 4. The van der Waals surface area contributed by atoms with E-state index in [1.165, 1.54) is 24.3 Å². The molecule has 0 saturated carbocycles. The number of nitrogens with zero attached hydrogens (tertiary/aromatic N) is 7. The van der Waals surface area contributed by atoms with Crippen LogP contribution in [0, 0.1) is 24.7 Å². The van der Waals surface area contributed by atoms with Crippen LogP contribution >= 0.6 is 43.2 Å². The molecule has 0 aliphatic carbocycles. The van der Waals surface area contributed by atoms with Crippen LogP contribution in [0.1, 0.15) is 204 Å². The quantitative estimate of drug-likeness (QED) is 0.0105. The molecule has 2 unspecified atom stereocenters. The average molecular weight is 1890 g/mol. The number of esters is 1. The first kappa shape index (κ1) is 101. The van der Waals surface area contributed by atoms with E-state index in [2.05, 4.69) is 75.8 Å². The topological polar surface area (TPSA) is 376 Å². The maximum atomic E-state index is 14.5. The molecule has 0 radical (unpaired) electrons. The van der Waals surface area contributed by atoms with Gasteiger partial charge in [-0.1, -0.05) is 116 Å². The van der Waals surface area contributed by atoms with Gasteiger partial charge in [0, 0.05) is 108 Å². The van der Waals surface area contributed by atoms with E-state index >= 15 is 0 Å². The van der Waals surface area contributed by atoms with Crippen molar-refractivity contribution in [2.75, 3.05) is 130 Å². The summed E-state index contributed by atoms with van der Waals surface area (Å²) in [5, 5.41) is 21.4. The molecule has 5 aliphatic heterocycles. The van der Waals surface area contributed by atoms with Gasteiger partial charge >= 0.3 is 12.1 Å². The van der Waals surface area contributed by atoms with Crippen molar-refractivity contribution in [3.8, 4) is 23.0 Å². The third-order valence-electron chi connectivity index (χ3n) is 23.0. The predicted molar refractivity (Wildman–Crippen MR) is 479 cm³/mol. The van der Waals surface area contributed by atoms with Gasteiger partial charge in [0.2, 0.25) is 23.6 Å². The van der Waals surface area contributed by atoms with E-state index in [1.54, 1.807) is 81.7 Å². The first-order valence-electron chi connectivity index (χ1n) is 43.3. The number of amides is 7. The summed E-state index contributed by atoms with van der Waals surface area (Å²) in [5.41, 5.74) is 5.68. The van der Waals surface area contributed by atoms with Crippen molar-refractivity contribution in [1.29, 1.82) is 0 Å². The highest BCUT2D eigenvalue weighted by molar-refractivity contribution is 9.12. The van der Waals surface area contributed by atoms with Crippen LogP contribution in [0.5, 0.6) is 23.0 Å². The number of carbonyl (C=O) groups excluding carboxylic acids is 12. The summed E-state index contributed by atoms with van der Waals surface area (Å²) in [6.45, 7) is 25.8. The minimum absolute atomic E-state index is 0.0273. The number of likely N-dealkylation sites (N-methyl/N-ethyl adjacent to an activating group) is 1. The normalized spacial score (nSPS) is 17.8. The van der Waals surface area contributed by atoms with Crippen LogP contribution in [0.4, 0.5) is 17.1 Å². The van der Waals surface area contributed by atoms with E-state index in [-0.39, 0.29) is 186 Å². The van der Waals surface area contributed by atoms with Crippen molar-refractivity contribution in [1.82, 2.24) is 35.2 Å². The minimum Gasteiger partial charge on any atom is -0.506 e. The number of thiazole rings is 1. The summed E-state index contributed by atoms with van der Waals surface area (Å²) < 4.78 is 46.8. The lowest BCUT2D eigenvalue weighted by Gasteiger charge is -2.37. The number of likely N-dealkylation sites (tertiary alicyclic amines) is 1. The molecule has 0 spiro atoms. The number of anilines is 2. The molecular formula is C91H124Br2N10O21S. The van der Waals surface area contributed by atoms with E-state index in [9.17, 15) is 53.1 Å². The minimum atomic E-state index is -0.862. The smallest absolute Gasteiger partial charge is 0.373 e. The number of aromatic hydroxyl groups is 1. The van der Waals surface area contributed by atoms with Gasteiger partial charge in [0.15, 0.2) is 23.4 Å². The molecule has 34 heteroatoms. The first-order valence-corrected chi connectivity index (χ1v) is 46.0. The second kappa shape index (κ2) is 51.0. The van der Waals surface area contributed by atoms with Crippen LogP contribution in [0.15, 0.2) is 77.1 Å². The lowest BCUT2D eigenvalue weighted by atomic mass is 9.83. The molecule has 3 aromatic carbocycles. The van der Waals surface area contributed by atoms with E-state index in [4.69, 9.17) is 47.5 Å². The van der Waals surface area contributed by atoms with Crippen LogP contribution in [-0.4, -0.2) is 261 Å². The summed E-state index contributed by atoms with van der Waals surface area (Å²) in [4.78, 5) is 169. The van der Waals surface area contributed by atoms with E-state index < -0.39 is 51.4 Å². The molecule has 1 aromatic heterocycles. The number of methoxy groups -OCH3 is 1. The number of alkyl halides is 2. The van der Waals surface area contributed by atoms with Crippen LogP contribution in [0.3, 0.4) is 0 Å². The second-order valence-electron chi connectivity index (χ2n) is 32.8. The van der Waals surface area contributed by atoms with Gasteiger partial charge in [-0.25, -0.2) is 4.98 Å². The molecule has 3 fully saturated rings. The molecule has 9 rings (SSSR count). The van der Waals surface area contributed by atoms with Gasteiger partial charge in [-0.05, 0) is 132 Å². The molecule has 10 atom stereocenters. The number of unbranched alkanes of at least 4 members (excludes halogenated alkanes) is 2. The lowest BCUT2D eigenvalue weighted by Crippen LogP contribution is -2.48. The number of piperidine rings is 1. The summed E-state index contributed by atoms with van der Waals surface area (Å²) in [6.07, 6.45) is 10.9. The Bertz CT molecular complexity index is 4460. The monoisotopic (exact) mass is 1880 g/mol. The largest absolute Gasteiger partial charge is 0.506 e. The third-order valence-corrected chi connectivity index (χ3v) is 26.7. The Hall–Kier alpha value is -9.12. The summed E-state index contributed by atoms with van der Waals surface area (Å²) >= 11 is 7.92. The predicted octanol–water partition coefficient (Wildman–Crippen LogP) is 12.0. The number of phenolic OH excluding ortho intramolecular Hbond substituents is 1. The molecule has 684 valence electrons. The molecule has 4 aromatic rings. The summed E-state index contributed by atoms with van der Waals surface area (Å²) in [7, 11) is 5.27. The molecule has 5 aliphatic rings. The number of aryl methyl sites for hydroxylation is 1. The zero-order valence-corrected chi connectivity index (χ0v) is 77.7. The number of nitrogens with one attached hydrogen (secondary N) is 3. The molecular weight excluding hydrogens is 1760 g/mol. The Morgan fingerprint density at radius 3 is 2.13 bits per heavy atom. The third kappa shape index (κ3) is 29.7. The van der Waals surface area contributed by atoms with Gasteiger partial charge in [0.05, 0.1) is 131 Å². The molecule has 3 saturated heterocycles. The van der Waals surface area contributed by atoms with Gasteiger partial charge in [0.25, 0.3) is 17.7 Å². The van der Waals surface area contributed by atoms with Crippen LogP contribution in [-0.2, 0) is 73.3 Å². The number of phenols is 1. The molecule has 0 bridgehead atoms. The van der Waals surface area contributed by atoms with Gasteiger partial charge < -0.3 is 78.6 Å². The number of carbonyl (C=O) groups is 10. The number of benzene rings is 3. The number of rotatable bonds is 50. The zero-order chi connectivity index (χ0) is 91.0. The number of ketones is 2. The average Bonchev–Trinajstić information content (AvgIpc) is 1.62. The highest BCUT2D eigenvalue weighted by Gasteiger charge is 2.42. The van der Waals surface area contributed by atoms with E-state index in [0.717, 1.165) is 73.8 Å². The van der Waals surface area contributed by atoms with Crippen LogP contribution in [0.2, 0.25) is 0 Å². The summed E-state index contributed by atoms with van der Waals surface area (Å²) in [5.74, 6) is -1.72. The highest BCUT2D eigenvalue weighted by atomic mass is 79.9. The van der Waals surface area contributed by atoms with Crippen molar-refractivity contribution >= 4 is 132 Å².